The number of aromatic nitrogens is 4. The highest BCUT2D eigenvalue weighted by Crippen LogP contribution is 2.29. The van der Waals surface area contributed by atoms with Crippen LogP contribution in [0.15, 0.2) is 65.9 Å². The van der Waals surface area contributed by atoms with E-state index in [1.165, 1.54) is 0 Å². The molecule has 4 aromatic rings. The Hall–Kier alpha value is -4.33. The van der Waals surface area contributed by atoms with E-state index in [1.54, 1.807) is 12.3 Å². The van der Waals surface area contributed by atoms with Crippen molar-refractivity contribution >= 4 is 46.2 Å². The first-order valence-corrected chi connectivity index (χ1v) is 8.96. The summed E-state index contributed by atoms with van der Waals surface area (Å²) in [5.41, 5.74) is 8.58. The van der Waals surface area contributed by atoms with Gasteiger partial charge in [-0.2, -0.15) is 5.10 Å². The number of rotatable bonds is 4. The zero-order valence-corrected chi connectivity index (χ0v) is 15.1. The number of pyridine rings is 1. The molecule has 2 aromatic heterocycles. The van der Waals surface area contributed by atoms with E-state index < -0.39 is 0 Å². The molecule has 0 fully saturated rings. The lowest BCUT2D eigenvalue weighted by molar-refractivity contribution is -0.110. The maximum Gasteiger partial charge on any atom is 0.276 e. The molecule has 1 aliphatic heterocycles. The lowest BCUT2D eigenvalue weighted by atomic mass is 10.1. The van der Waals surface area contributed by atoms with Crippen molar-refractivity contribution in [3.63, 3.8) is 0 Å². The average Bonchev–Trinajstić information content (AvgIpc) is 3.35. The summed E-state index contributed by atoms with van der Waals surface area (Å²) in [5, 5.41) is 17.8. The SMILES string of the molecule is O=C1Nc2ccc3[nH]nnc3c2/C1=N/Nc1ccc(/C=C/c2ccccn2)cc1. The fourth-order valence-corrected chi connectivity index (χ4v) is 3.11. The minimum atomic E-state index is -0.280. The third-order valence-electron chi connectivity index (χ3n) is 4.54. The summed E-state index contributed by atoms with van der Waals surface area (Å²) in [6.07, 6.45) is 5.70. The number of hydrogen-bond donors (Lipinski definition) is 3. The third-order valence-corrected chi connectivity index (χ3v) is 4.54. The Morgan fingerprint density at radius 1 is 1.00 bits per heavy atom. The van der Waals surface area contributed by atoms with Gasteiger partial charge in [0, 0.05) is 6.20 Å². The first-order chi connectivity index (χ1) is 14.3. The molecular weight excluding hydrogens is 366 g/mol. The fourth-order valence-electron chi connectivity index (χ4n) is 3.11. The Morgan fingerprint density at radius 3 is 2.72 bits per heavy atom. The van der Waals surface area contributed by atoms with Crippen molar-refractivity contribution in [2.75, 3.05) is 10.7 Å². The van der Waals surface area contributed by atoms with Gasteiger partial charge in [0.1, 0.15) is 5.52 Å². The van der Waals surface area contributed by atoms with Crippen molar-refractivity contribution in [2.45, 2.75) is 0 Å². The molecule has 8 heteroatoms. The van der Waals surface area contributed by atoms with Gasteiger partial charge in [0.2, 0.25) is 0 Å². The number of H-pyrrole nitrogens is 1. The van der Waals surface area contributed by atoms with Gasteiger partial charge in [0.15, 0.2) is 5.71 Å². The number of hydrazone groups is 1. The molecule has 0 bridgehead atoms. The third kappa shape index (κ3) is 3.23. The second-order valence-corrected chi connectivity index (χ2v) is 6.43. The number of nitrogens with one attached hydrogen (secondary N) is 3. The first kappa shape index (κ1) is 16.8. The predicted molar refractivity (Wildman–Crippen MR) is 112 cm³/mol. The van der Waals surface area contributed by atoms with Crippen LogP contribution in [-0.2, 0) is 4.79 Å². The number of carbonyl (C=O) groups is 1. The molecule has 8 nitrogen and oxygen atoms in total. The van der Waals surface area contributed by atoms with Crippen molar-refractivity contribution in [1.29, 1.82) is 0 Å². The quantitative estimate of drug-likeness (QED) is 0.470. The Morgan fingerprint density at radius 2 is 1.90 bits per heavy atom. The highest BCUT2D eigenvalue weighted by atomic mass is 16.2. The minimum Gasteiger partial charge on any atom is -0.320 e. The van der Waals surface area contributed by atoms with E-state index in [-0.39, 0.29) is 11.6 Å². The number of benzene rings is 2. The van der Waals surface area contributed by atoms with E-state index in [9.17, 15) is 4.79 Å². The van der Waals surface area contributed by atoms with Crippen LogP contribution in [0.2, 0.25) is 0 Å². The molecule has 0 aliphatic carbocycles. The zero-order chi connectivity index (χ0) is 19.6. The molecule has 0 radical (unpaired) electrons. The summed E-state index contributed by atoms with van der Waals surface area (Å²) in [6.45, 7) is 0. The molecule has 0 spiro atoms. The lowest BCUT2D eigenvalue weighted by Crippen LogP contribution is -2.16. The number of carbonyl (C=O) groups excluding carboxylic acids is 1. The Labute approximate surface area is 165 Å². The number of amides is 1. The maximum atomic E-state index is 12.3. The van der Waals surface area contributed by atoms with Crippen molar-refractivity contribution in [2.24, 2.45) is 5.10 Å². The maximum absolute atomic E-state index is 12.3. The molecule has 0 atom stereocenters. The summed E-state index contributed by atoms with van der Waals surface area (Å²) in [6, 6.07) is 17.1. The number of anilines is 2. The highest BCUT2D eigenvalue weighted by Gasteiger charge is 2.29. The minimum absolute atomic E-state index is 0.277. The van der Waals surface area contributed by atoms with Gasteiger partial charge in [-0.1, -0.05) is 29.5 Å². The van der Waals surface area contributed by atoms with E-state index in [0.717, 1.165) is 22.5 Å². The molecule has 0 unspecified atom stereocenters. The van der Waals surface area contributed by atoms with Gasteiger partial charge in [0.25, 0.3) is 5.91 Å². The average molecular weight is 381 g/mol. The number of fused-ring (bicyclic) bond motifs is 3. The van der Waals surface area contributed by atoms with Crippen LogP contribution < -0.4 is 10.7 Å². The van der Waals surface area contributed by atoms with Crippen LogP contribution in [0.4, 0.5) is 11.4 Å². The van der Waals surface area contributed by atoms with E-state index in [1.807, 2.05) is 60.7 Å². The number of aromatic amines is 1. The van der Waals surface area contributed by atoms with Crippen LogP contribution >= 0.6 is 0 Å². The molecule has 29 heavy (non-hydrogen) atoms. The van der Waals surface area contributed by atoms with Gasteiger partial charge in [0.05, 0.1) is 28.1 Å². The zero-order valence-electron chi connectivity index (χ0n) is 15.1. The van der Waals surface area contributed by atoms with Gasteiger partial charge in [-0.25, -0.2) is 0 Å². The molecule has 3 heterocycles. The van der Waals surface area contributed by atoms with Crippen LogP contribution in [0.1, 0.15) is 16.8 Å². The highest BCUT2D eigenvalue weighted by molar-refractivity contribution is 6.55. The molecule has 3 N–H and O–H groups in total. The summed E-state index contributed by atoms with van der Waals surface area (Å²) < 4.78 is 0. The van der Waals surface area contributed by atoms with E-state index in [4.69, 9.17) is 0 Å². The second-order valence-electron chi connectivity index (χ2n) is 6.43. The summed E-state index contributed by atoms with van der Waals surface area (Å²) in [4.78, 5) is 16.6. The van der Waals surface area contributed by atoms with Crippen LogP contribution in [0.25, 0.3) is 23.2 Å². The number of nitrogens with zero attached hydrogens (tertiary/aromatic N) is 4. The van der Waals surface area contributed by atoms with Gasteiger partial charge in [-0.3, -0.25) is 20.3 Å². The Kier molecular flexibility index (Phi) is 4.06. The van der Waals surface area contributed by atoms with Crippen LogP contribution in [-0.4, -0.2) is 32.0 Å². The van der Waals surface area contributed by atoms with Crippen LogP contribution in [0.5, 0.6) is 0 Å². The van der Waals surface area contributed by atoms with E-state index in [2.05, 4.69) is 36.2 Å². The van der Waals surface area contributed by atoms with Crippen LogP contribution in [0.3, 0.4) is 0 Å². The smallest absolute Gasteiger partial charge is 0.276 e. The van der Waals surface area contributed by atoms with Crippen molar-refractivity contribution < 1.29 is 4.79 Å². The van der Waals surface area contributed by atoms with Crippen molar-refractivity contribution in [3.05, 3.63) is 77.6 Å². The van der Waals surface area contributed by atoms with Crippen molar-refractivity contribution in [1.82, 2.24) is 20.4 Å². The molecule has 140 valence electrons. The summed E-state index contributed by atoms with van der Waals surface area (Å²) >= 11 is 0. The Balaban J connectivity index is 1.37. The monoisotopic (exact) mass is 381 g/mol. The first-order valence-electron chi connectivity index (χ1n) is 8.96. The van der Waals surface area contributed by atoms with Gasteiger partial charge < -0.3 is 5.32 Å². The molecule has 0 saturated carbocycles. The molecule has 1 aliphatic rings. The standard InChI is InChI=1S/C21H15N7O/c29-21-20(18-16(23-21)10-11-17-19(18)27-28-25-17)26-24-15-8-5-13(6-9-15)4-7-14-3-1-2-12-22-14/h1-12,24H,(H,23,26,29)(H,25,27,28)/b7-4+. The van der Waals surface area contributed by atoms with Gasteiger partial charge >= 0.3 is 0 Å². The topological polar surface area (TPSA) is 108 Å². The molecule has 5 rings (SSSR count). The molecule has 2 aromatic carbocycles. The molecule has 0 saturated heterocycles. The number of hydrogen-bond acceptors (Lipinski definition) is 6. The fraction of sp³-hybridized carbons (Fsp3) is 0. The normalized spacial score (nSPS) is 14.5. The summed E-state index contributed by atoms with van der Waals surface area (Å²) in [7, 11) is 0. The lowest BCUT2D eigenvalue weighted by Gasteiger charge is -2.03. The van der Waals surface area contributed by atoms with Crippen molar-refractivity contribution in [3.8, 4) is 0 Å². The predicted octanol–water partition coefficient (Wildman–Crippen LogP) is 3.29. The van der Waals surface area contributed by atoms with Gasteiger partial charge in [-0.15, -0.1) is 5.10 Å². The Bertz CT molecular complexity index is 1260. The largest absolute Gasteiger partial charge is 0.320 e. The van der Waals surface area contributed by atoms with Gasteiger partial charge in [-0.05, 0) is 48.0 Å². The van der Waals surface area contributed by atoms with E-state index in [0.29, 0.717) is 16.8 Å². The summed E-state index contributed by atoms with van der Waals surface area (Å²) in [5.74, 6) is -0.280. The second kappa shape index (κ2) is 7.01. The molecular formula is C21H15N7O. The molecule has 1 amide bonds. The van der Waals surface area contributed by atoms with Crippen LogP contribution in [0, 0.1) is 0 Å². The van der Waals surface area contributed by atoms with E-state index >= 15 is 0 Å².